The van der Waals surface area contributed by atoms with Crippen LogP contribution in [0.5, 0.6) is 0 Å². The zero-order valence-electron chi connectivity index (χ0n) is 14.6. The molecule has 134 valence electrons. The Balaban J connectivity index is 1.66. The molecule has 0 radical (unpaired) electrons. The molecule has 0 spiro atoms. The summed E-state index contributed by atoms with van der Waals surface area (Å²) in [6.07, 6.45) is 5.49. The van der Waals surface area contributed by atoms with Crippen molar-refractivity contribution in [3.63, 3.8) is 0 Å². The number of aromatic nitrogens is 2. The Morgan fingerprint density at radius 3 is 2.76 bits per heavy atom. The molecule has 2 aromatic rings. The van der Waals surface area contributed by atoms with E-state index in [2.05, 4.69) is 15.3 Å². The maximum atomic E-state index is 12.6. The molecule has 6 nitrogen and oxygen atoms in total. The van der Waals surface area contributed by atoms with E-state index in [9.17, 15) is 9.90 Å². The highest BCUT2D eigenvalue weighted by atomic mass is 32.1. The predicted octanol–water partition coefficient (Wildman–Crippen LogP) is 1.71. The molecule has 1 amide bonds. The fourth-order valence-corrected chi connectivity index (χ4v) is 3.96. The Labute approximate surface area is 151 Å². The summed E-state index contributed by atoms with van der Waals surface area (Å²) in [6, 6.07) is 3.93. The van der Waals surface area contributed by atoms with Crippen molar-refractivity contribution in [3.05, 3.63) is 46.2 Å². The zero-order valence-corrected chi connectivity index (χ0v) is 15.4. The number of amides is 1. The first-order chi connectivity index (χ1) is 12.0. The molecule has 7 heteroatoms. The van der Waals surface area contributed by atoms with Crippen LogP contribution in [0.2, 0.25) is 0 Å². The van der Waals surface area contributed by atoms with Crippen LogP contribution in [-0.2, 0) is 13.0 Å². The molecule has 1 aliphatic carbocycles. The maximum Gasteiger partial charge on any atom is 0.270 e. The third kappa shape index (κ3) is 4.84. The number of carbonyl (C=O) groups is 1. The minimum Gasteiger partial charge on any atom is -0.393 e. The summed E-state index contributed by atoms with van der Waals surface area (Å²) >= 11 is 1.50. The van der Waals surface area contributed by atoms with Gasteiger partial charge < -0.3 is 15.3 Å². The van der Waals surface area contributed by atoms with Crippen LogP contribution in [0.4, 0.5) is 0 Å². The van der Waals surface area contributed by atoms with Crippen LogP contribution in [0.15, 0.2) is 29.9 Å². The third-order valence-corrected chi connectivity index (χ3v) is 5.31. The number of pyridine rings is 1. The molecule has 1 atom stereocenters. The molecule has 0 saturated heterocycles. The summed E-state index contributed by atoms with van der Waals surface area (Å²) in [5.41, 5.74) is 1.61. The Hall–Kier alpha value is -1.83. The molecular formula is C18H24N4O2S. The van der Waals surface area contributed by atoms with Gasteiger partial charge in [-0.15, -0.1) is 11.3 Å². The zero-order chi connectivity index (χ0) is 17.8. The molecule has 1 aliphatic rings. The van der Waals surface area contributed by atoms with Crippen LogP contribution in [0, 0.1) is 5.92 Å². The Morgan fingerprint density at radius 1 is 1.40 bits per heavy atom. The van der Waals surface area contributed by atoms with E-state index in [1.165, 1.54) is 11.3 Å². The summed E-state index contributed by atoms with van der Waals surface area (Å²) in [5, 5.41) is 15.5. The van der Waals surface area contributed by atoms with E-state index in [0.717, 1.165) is 36.4 Å². The van der Waals surface area contributed by atoms with E-state index in [1.807, 2.05) is 36.5 Å². The minimum absolute atomic E-state index is 0.00250. The van der Waals surface area contributed by atoms with Gasteiger partial charge in [0, 0.05) is 30.4 Å². The largest absolute Gasteiger partial charge is 0.393 e. The third-order valence-electron chi connectivity index (χ3n) is 4.48. The normalized spacial score (nSPS) is 21.0. The van der Waals surface area contributed by atoms with Crippen molar-refractivity contribution in [2.24, 2.45) is 5.92 Å². The van der Waals surface area contributed by atoms with Crippen LogP contribution >= 0.6 is 11.3 Å². The standard InChI is InChI=1S/C18H24N4O2S/c1-22(2)10-17-20-16(11-25-17)18(24)21-15(13-8-14(23)9-13)7-12-3-5-19-6-4-12/h3-6,11,13-15,23H,7-10H2,1-2H3,(H,21,24)/t13?,14?,15-/m1/s1. The Bertz CT molecular complexity index is 698. The van der Waals surface area contributed by atoms with Gasteiger partial charge in [0.2, 0.25) is 0 Å². The van der Waals surface area contributed by atoms with Crippen molar-refractivity contribution in [2.75, 3.05) is 14.1 Å². The van der Waals surface area contributed by atoms with Gasteiger partial charge in [-0.25, -0.2) is 4.98 Å². The second-order valence-electron chi connectivity index (χ2n) is 6.89. The first kappa shape index (κ1) is 18.0. The molecule has 2 aromatic heterocycles. The summed E-state index contributed by atoms with van der Waals surface area (Å²) in [7, 11) is 3.96. The van der Waals surface area contributed by atoms with Gasteiger partial charge in [-0.3, -0.25) is 9.78 Å². The van der Waals surface area contributed by atoms with E-state index in [-0.39, 0.29) is 18.1 Å². The summed E-state index contributed by atoms with van der Waals surface area (Å²) in [5.74, 6) is 0.161. The average Bonchev–Trinajstić information content (AvgIpc) is 3.00. The van der Waals surface area contributed by atoms with Crippen LogP contribution in [0.1, 0.15) is 33.9 Å². The molecule has 0 bridgehead atoms. The van der Waals surface area contributed by atoms with Crippen molar-refractivity contribution in [3.8, 4) is 0 Å². The smallest absolute Gasteiger partial charge is 0.270 e. The molecule has 0 aliphatic heterocycles. The van der Waals surface area contributed by atoms with Crippen molar-refractivity contribution >= 4 is 17.2 Å². The summed E-state index contributed by atoms with van der Waals surface area (Å²) in [6.45, 7) is 0.729. The van der Waals surface area contributed by atoms with Crippen molar-refractivity contribution in [1.29, 1.82) is 0 Å². The van der Waals surface area contributed by atoms with Gasteiger partial charge in [0.25, 0.3) is 5.91 Å². The topological polar surface area (TPSA) is 78.4 Å². The number of aliphatic hydroxyl groups is 1. The van der Waals surface area contributed by atoms with Gasteiger partial charge in [-0.05, 0) is 57.0 Å². The fourth-order valence-electron chi connectivity index (χ4n) is 3.07. The lowest BCUT2D eigenvalue weighted by molar-refractivity contribution is 0.0239. The maximum absolute atomic E-state index is 12.6. The number of thiazole rings is 1. The van der Waals surface area contributed by atoms with Crippen molar-refractivity contribution < 1.29 is 9.90 Å². The van der Waals surface area contributed by atoms with Crippen LogP contribution in [0.3, 0.4) is 0 Å². The van der Waals surface area contributed by atoms with E-state index in [0.29, 0.717) is 11.6 Å². The fraction of sp³-hybridized carbons (Fsp3) is 0.500. The van der Waals surface area contributed by atoms with Crippen LogP contribution < -0.4 is 5.32 Å². The molecule has 3 rings (SSSR count). The van der Waals surface area contributed by atoms with Crippen LogP contribution in [-0.4, -0.2) is 52.1 Å². The van der Waals surface area contributed by atoms with Gasteiger partial charge >= 0.3 is 0 Å². The van der Waals surface area contributed by atoms with E-state index >= 15 is 0 Å². The van der Waals surface area contributed by atoms with Crippen LogP contribution in [0.25, 0.3) is 0 Å². The molecule has 1 fully saturated rings. The monoisotopic (exact) mass is 360 g/mol. The molecule has 25 heavy (non-hydrogen) atoms. The molecule has 2 N–H and O–H groups in total. The van der Waals surface area contributed by atoms with E-state index < -0.39 is 0 Å². The SMILES string of the molecule is CN(C)Cc1nc(C(=O)N[C@H](Cc2ccncc2)C2CC(O)C2)cs1. The Morgan fingerprint density at radius 2 is 2.12 bits per heavy atom. The lowest BCUT2D eigenvalue weighted by Gasteiger charge is -2.38. The second kappa shape index (κ2) is 8.03. The van der Waals surface area contributed by atoms with Crippen molar-refractivity contribution in [1.82, 2.24) is 20.2 Å². The lowest BCUT2D eigenvalue weighted by atomic mass is 9.75. The average molecular weight is 360 g/mol. The van der Waals surface area contributed by atoms with E-state index in [1.54, 1.807) is 12.4 Å². The number of rotatable bonds is 7. The molecule has 1 saturated carbocycles. The highest BCUT2D eigenvalue weighted by molar-refractivity contribution is 7.09. The quantitative estimate of drug-likeness (QED) is 0.786. The number of aliphatic hydroxyl groups excluding tert-OH is 1. The number of hydrogen-bond acceptors (Lipinski definition) is 6. The van der Waals surface area contributed by atoms with E-state index in [4.69, 9.17) is 0 Å². The molecular weight excluding hydrogens is 336 g/mol. The summed E-state index contributed by atoms with van der Waals surface area (Å²) in [4.78, 5) is 23.1. The first-order valence-corrected chi connectivity index (χ1v) is 9.36. The number of nitrogens with one attached hydrogen (secondary N) is 1. The first-order valence-electron chi connectivity index (χ1n) is 8.48. The van der Waals surface area contributed by atoms with Gasteiger partial charge in [-0.2, -0.15) is 0 Å². The highest BCUT2D eigenvalue weighted by Gasteiger charge is 2.35. The minimum atomic E-state index is -0.243. The molecule has 0 aromatic carbocycles. The molecule has 0 unspecified atom stereocenters. The lowest BCUT2D eigenvalue weighted by Crippen LogP contribution is -2.48. The second-order valence-corrected chi connectivity index (χ2v) is 7.83. The number of nitrogens with zero attached hydrogens (tertiary/aromatic N) is 3. The predicted molar refractivity (Wildman–Crippen MR) is 97.4 cm³/mol. The Kier molecular flexibility index (Phi) is 5.78. The van der Waals surface area contributed by atoms with Crippen molar-refractivity contribution in [2.45, 2.75) is 38.0 Å². The van der Waals surface area contributed by atoms with Gasteiger partial charge in [0.05, 0.1) is 6.10 Å². The van der Waals surface area contributed by atoms with Gasteiger partial charge in [0.15, 0.2) is 0 Å². The van der Waals surface area contributed by atoms with Gasteiger partial charge in [-0.1, -0.05) is 0 Å². The highest BCUT2D eigenvalue weighted by Crippen LogP contribution is 2.32. The molecule has 2 heterocycles. The number of carbonyl (C=O) groups excluding carboxylic acids is 1. The number of hydrogen-bond donors (Lipinski definition) is 2. The summed E-state index contributed by atoms with van der Waals surface area (Å²) < 4.78 is 0. The van der Waals surface area contributed by atoms with Gasteiger partial charge in [0.1, 0.15) is 10.7 Å².